The highest BCUT2D eigenvalue weighted by molar-refractivity contribution is 7.91. The third-order valence-electron chi connectivity index (χ3n) is 3.10. The van der Waals surface area contributed by atoms with E-state index in [-0.39, 0.29) is 10.9 Å². The molecule has 0 aliphatic carbocycles. The van der Waals surface area contributed by atoms with Crippen LogP contribution in [0.25, 0.3) is 11.4 Å². The Morgan fingerprint density at radius 1 is 1.20 bits per heavy atom. The lowest BCUT2D eigenvalue weighted by atomic mass is 10.1. The minimum Gasteiger partial charge on any atom is -0.298 e. The van der Waals surface area contributed by atoms with Gasteiger partial charge in [0.05, 0.1) is 5.75 Å². The average molecular weight is 293 g/mol. The number of benzene rings is 1. The monoisotopic (exact) mass is 293 g/mol. The normalized spacial score (nSPS) is 11.8. The van der Waals surface area contributed by atoms with E-state index >= 15 is 0 Å². The van der Waals surface area contributed by atoms with Gasteiger partial charge in [-0.3, -0.25) is 4.57 Å². The number of aromatic nitrogens is 3. The number of sulfone groups is 1. The molecule has 1 heterocycles. The second kappa shape index (κ2) is 5.75. The molecular formula is C14H19N3O2S. The van der Waals surface area contributed by atoms with E-state index in [4.69, 9.17) is 0 Å². The zero-order valence-corrected chi connectivity index (χ0v) is 12.8. The van der Waals surface area contributed by atoms with Crippen molar-refractivity contribution in [2.45, 2.75) is 38.9 Å². The summed E-state index contributed by atoms with van der Waals surface area (Å²) in [7, 11) is -3.36. The molecule has 0 aliphatic heterocycles. The van der Waals surface area contributed by atoms with Gasteiger partial charge in [-0.25, -0.2) is 8.42 Å². The van der Waals surface area contributed by atoms with Crippen LogP contribution >= 0.6 is 0 Å². The molecule has 0 amide bonds. The van der Waals surface area contributed by atoms with E-state index in [1.807, 2.05) is 38.1 Å². The van der Waals surface area contributed by atoms with Gasteiger partial charge in [-0.2, -0.15) is 0 Å². The van der Waals surface area contributed by atoms with E-state index in [9.17, 15) is 8.42 Å². The molecular weight excluding hydrogens is 274 g/mol. The van der Waals surface area contributed by atoms with E-state index in [0.29, 0.717) is 12.4 Å². The second-order valence-corrected chi connectivity index (χ2v) is 6.90. The maximum atomic E-state index is 12.1. The molecule has 0 aliphatic rings. The third-order valence-corrected chi connectivity index (χ3v) is 4.72. The largest absolute Gasteiger partial charge is 0.298 e. The highest BCUT2D eigenvalue weighted by Crippen LogP contribution is 2.22. The Bertz CT molecular complexity index is 705. The second-order valence-electron chi connectivity index (χ2n) is 4.73. The summed E-state index contributed by atoms with van der Waals surface area (Å²) in [5, 5.41) is 8.07. The van der Waals surface area contributed by atoms with Crippen LogP contribution in [-0.2, 0) is 16.4 Å². The molecule has 0 atom stereocenters. The molecule has 2 rings (SSSR count). The first-order valence-corrected chi connectivity index (χ1v) is 8.37. The van der Waals surface area contributed by atoms with Crippen LogP contribution in [0.2, 0.25) is 0 Å². The van der Waals surface area contributed by atoms with E-state index in [1.165, 1.54) is 0 Å². The van der Waals surface area contributed by atoms with Crippen LogP contribution in [0.4, 0.5) is 0 Å². The third kappa shape index (κ3) is 2.75. The first-order chi connectivity index (χ1) is 9.49. The Hall–Kier alpha value is -1.69. The molecule has 0 saturated heterocycles. The van der Waals surface area contributed by atoms with Crippen LogP contribution in [0.1, 0.15) is 25.8 Å². The first kappa shape index (κ1) is 14.7. The van der Waals surface area contributed by atoms with Gasteiger partial charge in [0.1, 0.15) is 0 Å². The standard InChI is InChI=1S/C14H19N3O2S/c1-4-9-17-13(12-8-6-7-11(3)10-12)15-16-14(17)20(18,19)5-2/h6-8,10H,4-5,9H2,1-3H3. The van der Waals surface area contributed by atoms with Crippen molar-refractivity contribution >= 4 is 9.84 Å². The van der Waals surface area contributed by atoms with Gasteiger partial charge in [0.15, 0.2) is 5.82 Å². The van der Waals surface area contributed by atoms with Gasteiger partial charge >= 0.3 is 0 Å². The maximum absolute atomic E-state index is 12.1. The van der Waals surface area contributed by atoms with Crippen LogP contribution in [0.15, 0.2) is 29.4 Å². The molecule has 0 radical (unpaired) electrons. The van der Waals surface area contributed by atoms with Gasteiger partial charge in [-0.15, -0.1) is 10.2 Å². The molecule has 1 aromatic carbocycles. The predicted octanol–water partition coefficient (Wildman–Crippen LogP) is 2.46. The van der Waals surface area contributed by atoms with Gasteiger partial charge in [0.25, 0.3) is 0 Å². The number of hydrogen-bond donors (Lipinski definition) is 0. The summed E-state index contributed by atoms with van der Waals surface area (Å²) in [5.74, 6) is 0.644. The van der Waals surface area contributed by atoms with Gasteiger partial charge in [0.2, 0.25) is 15.0 Å². The summed E-state index contributed by atoms with van der Waals surface area (Å²) in [5.41, 5.74) is 2.00. The lowest BCUT2D eigenvalue weighted by Crippen LogP contribution is -2.13. The van der Waals surface area contributed by atoms with E-state index < -0.39 is 9.84 Å². The Balaban J connectivity index is 2.61. The van der Waals surface area contributed by atoms with Gasteiger partial charge in [0, 0.05) is 12.1 Å². The zero-order valence-electron chi connectivity index (χ0n) is 12.0. The summed E-state index contributed by atoms with van der Waals surface area (Å²) < 4.78 is 25.9. The van der Waals surface area contributed by atoms with Crippen LogP contribution in [-0.4, -0.2) is 28.9 Å². The topological polar surface area (TPSA) is 64.8 Å². The molecule has 6 heteroatoms. The molecule has 5 nitrogen and oxygen atoms in total. The number of nitrogens with zero attached hydrogens (tertiary/aromatic N) is 3. The smallest absolute Gasteiger partial charge is 0.249 e. The maximum Gasteiger partial charge on any atom is 0.249 e. The predicted molar refractivity (Wildman–Crippen MR) is 78.2 cm³/mol. The quantitative estimate of drug-likeness (QED) is 0.849. The molecule has 1 aromatic heterocycles. The fourth-order valence-corrected chi connectivity index (χ4v) is 3.01. The van der Waals surface area contributed by atoms with Crippen molar-refractivity contribution < 1.29 is 8.42 Å². The summed E-state index contributed by atoms with van der Waals surface area (Å²) in [4.78, 5) is 0. The summed E-state index contributed by atoms with van der Waals surface area (Å²) in [6.45, 7) is 6.20. The summed E-state index contributed by atoms with van der Waals surface area (Å²) in [6.07, 6.45) is 0.823. The van der Waals surface area contributed by atoms with Crippen LogP contribution in [0, 0.1) is 6.92 Å². The average Bonchev–Trinajstić information content (AvgIpc) is 2.84. The zero-order chi connectivity index (χ0) is 14.8. The van der Waals surface area contributed by atoms with Gasteiger partial charge in [-0.05, 0) is 19.4 Å². The highest BCUT2D eigenvalue weighted by Gasteiger charge is 2.23. The van der Waals surface area contributed by atoms with Crippen molar-refractivity contribution in [3.63, 3.8) is 0 Å². The van der Waals surface area contributed by atoms with Crippen molar-refractivity contribution in [2.75, 3.05) is 5.75 Å². The molecule has 108 valence electrons. The van der Waals surface area contributed by atoms with E-state index in [2.05, 4.69) is 10.2 Å². The Morgan fingerprint density at radius 3 is 2.55 bits per heavy atom. The number of hydrogen-bond acceptors (Lipinski definition) is 4. The molecule has 0 N–H and O–H groups in total. The molecule has 20 heavy (non-hydrogen) atoms. The molecule has 0 bridgehead atoms. The molecule has 0 fully saturated rings. The fraction of sp³-hybridized carbons (Fsp3) is 0.429. The van der Waals surface area contributed by atoms with E-state index in [1.54, 1.807) is 11.5 Å². The van der Waals surface area contributed by atoms with Crippen molar-refractivity contribution in [1.29, 1.82) is 0 Å². The van der Waals surface area contributed by atoms with Gasteiger partial charge in [-0.1, -0.05) is 37.6 Å². The van der Waals surface area contributed by atoms with Crippen molar-refractivity contribution in [1.82, 2.24) is 14.8 Å². The number of rotatable bonds is 5. The minimum absolute atomic E-state index is 0.0304. The Morgan fingerprint density at radius 2 is 1.95 bits per heavy atom. The summed E-state index contributed by atoms with van der Waals surface area (Å²) in [6, 6.07) is 7.83. The highest BCUT2D eigenvalue weighted by atomic mass is 32.2. The van der Waals surface area contributed by atoms with Crippen LogP contribution < -0.4 is 0 Å². The lowest BCUT2D eigenvalue weighted by molar-refractivity contribution is 0.559. The molecule has 0 unspecified atom stereocenters. The van der Waals surface area contributed by atoms with Crippen LogP contribution in [0.5, 0.6) is 0 Å². The molecule has 0 saturated carbocycles. The van der Waals surface area contributed by atoms with Gasteiger partial charge < -0.3 is 0 Å². The SMILES string of the molecule is CCCn1c(-c2cccc(C)c2)nnc1S(=O)(=O)CC. The van der Waals surface area contributed by atoms with E-state index in [0.717, 1.165) is 17.5 Å². The Labute approximate surface area is 119 Å². The van der Waals surface area contributed by atoms with Crippen LogP contribution in [0.3, 0.4) is 0 Å². The fourth-order valence-electron chi connectivity index (χ4n) is 2.07. The van der Waals surface area contributed by atoms with Crippen molar-refractivity contribution in [3.8, 4) is 11.4 Å². The summed E-state index contributed by atoms with van der Waals surface area (Å²) >= 11 is 0. The van der Waals surface area contributed by atoms with Crippen molar-refractivity contribution in [3.05, 3.63) is 29.8 Å². The Kier molecular flexibility index (Phi) is 4.23. The first-order valence-electron chi connectivity index (χ1n) is 6.72. The molecule has 0 spiro atoms. The minimum atomic E-state index is -3.36. The van der Waals surface area contributed by atoms with Crippen molar-refractivity contribution in [2.24, 2.45) is 0 Å². The number of aryl methyl sites for hydroxylation is 1. The molecule has 2 aromatic rings. The lowest BCUT2D eigenvalue weighted by Gasteiger charge is -2.09.